The number of hydrogen-bond acceptors (Lipinski definition) is 6. The summed E-state index contributed by atoms with van der Waals surface area (Å²) in [6, 6.07) is 10.4. The van der Waals surface area contributed by atoms with Crippen LogP contribution >= 0.6 is 0 Å². The second-order valence-corrected chi connectivity index (χ2v) is 6.39. The highest BCUT2D eigenvalue weighted by Crippen LogP contribution is 2.36. The van der Waals surface area contributed by atoms with Crippen molar-refractivity contribution >= 4 is 11.6 Å². The SMILES string of the molecule is Cc1ccc(OCCCCNC(=O)c2cc3c(cc2[N+](=O)[O-])OCCO3)cc1. The number of hydrogen-bond donors (Lipinski definition) is 1. The van der Waals surface area contributed by atoms with Gasteiger partial charge in [0.25, 0.3) is 11.6 Å². The van der Waals surface area contributed by atoms with Crippen molar-refractivity contribution in [3.63, 3.8) is 0 Å². The van der Waals surface area contributed by atoms with E-state index in [4.69, 9.17) is 14.2 Å². The van der Waals surface area contributed by atoms with Gasteiger partial charge in [-0.15, -0.1) is 0 Å². The van der Waals surface area contributed by atoms with Gasteiger partial charge in [-0.1, -0.05) is 17.7 Å². The minimum atomic E-state index is -0.595. The molecule has 1 aliphatic heterocycles. The van der Waals surface area contributed by atoms with Crippen LogP contribution in [0.5, 0.6) is 17.2 Å². The zero-order valence-corrected chi connectivity index (χ0v) is 15.6. The molecule has 1 amide bonds. The third kappa shape index (κ3) is 4.91. The second kappa shape index (κ2) is 9.07. The quantitative estimate of drug-likeness (QED) is 0.425. The van der Waals surface area contributed by atoms with E-state index in [1.165, 1.54) is 17.7 Å². The summed E-state index contributed by atoms with van der Waals surface area (Å²) in [6.07, 6.45) is 1.44. The number of nitrogens with zero attached hydrogens (tertiary/aromatic N) is 1. The van der Waals surface area contributed by atoms with Gasteiger partial charge in [0.05, 0.1) is 17.6 Å². The van der Waals surface area contributed by atoms with E-state index >= 15 is 0 Å². The second-order valence-electron chi connectivity index (χ2n) is 6.39. The van der Waals surface area contributed by atoms with Crippen LogP contribution in [0.3, 0.4) is 0 Å². The molecule has 1 heterocycles. The van der Waals surface area contributed by atoms with Crippen LogP contribution in [-0.4, -0.2) is 37.2 Å². The van der Waals surface area contributed by atoms with E-state index in [9.17, 15) is 14.9 Å². The van der Waals surface area contributed by atoms with Gasteiger partial charge in [0.15, 0.2) is 11.5 Å². The summed E-state index contributed by atoms with van der Waals surface area (Å²) in [5, 5.41) is 14.0. The molecule has 0 atom stereocenters. The van der Waals surface area contributed by atoms with Crippen molar-refractivity contribution < 1.29 is 23.9 Å². The third-order valence-corrected chi connectivity index (χ3v) is 4.25. The van der Waals surface area contributed by atoms with Crippen LogP contribution in [0, 0.1) is 17.0 Å². The Morgan fingerprint density at radius 3 is 2.50 bits per heavy atom. The Hall–Kier alpha value is -3.29. The molecule has 8 nitrogen and oxygen atoms in total. The first-order valence-corrected chi connectivity index (χ1v) is 9.10. The number of aryl methyl sites for hydroxylation is 1. The van der Waals surface area contributed by atoms with Crippen molar-refractivity contribution in [2.75, 3.05) is 26.4 Å². The van der Waals surface area contributed by atoms with Crippen molar-refractivity contribution in [2.45, 2.75) is 19.8 Å². The number of amides is 1. The van der Waals surface area contributed by atoms with Gasteiger partial charge in [-0.3, -0.25) is 14.9 Å². The predicted molar refractivity (Wildman–Crippen MR) is 102 cm³/mol. The van der Waals surface area contributed by atoms with E-state index in [0.717, 1.165) is 12.2 Å². The van der Waals surface area contributed by atoms with Gasteiger partial charge in [0.2, 0.25) is 0 Å². The van der Waals surface area contributed by atoms with Gasteiger partial charge in [-0.2, -0.15) is 0 Å². The third-order valence-electron chi connectivity index (χ3n) is 4.25. The molecule has 1 N–H and O–H groups in total. The van der Waals surface area contributed by atoms with E-state index in [1.54, 1.807) is 0 Å². The van der Waals surface area contributed by atoms with E-state index in [0.29, 0.717) is 38.5 Å². The highest BCUT2D eigenvalue weighted by molar-refractivity contribution is 5.99. The lowest BCUT2D eigenvalue weighted by Gasteiger charge is -2.18. The standard InChI is InChI=1S/C20H22N2O6/c1-14-4-6-15(7-5-14)26-9-3-2-8-21-20(23)16-12-18-19(28-11-10-27-18)13-17(16)22(24)25/h4-7,12-13H,2-3,8-11H2,1H3,(H,21,23). The van der Waals surface area contributed by atoms with E-state index in [2.05, 4.69) is 5.32 Å². The zero-order valence-electron chi connectivity index (χ0n) is 15.6. The number of nitro benzene ring substituents is 1. The van der Waals surface area contributed by atoms with Gasteiger partial charge >= 0.3 is 0 Å². The molecule has 0 fully saturated rings. The van der Waals surface area contributed by atoms with Gasteiger partial charge in [0.1, 0.15) is 24.5 Å². The van der Waals surface area contributed by atoms with Crippen LogP contribution < -0.4 is 19.5 Å². The number of nitrogens with one attached hydrogen (secondary N) is 1. The molecule has 2 aromatic rings. The molecule has 148 valence electrons. The van der Waals surface area contributed by atoms with Gasteiger partial charge in [-0.05, 0) is 31.9 Å². The Balaban J connectivity index is 1.49. The smallest absolute Gasteiger partial charge is 0.286 e. The fourth-order valence-corrected chi connectivity index (χ4v) is 2.76. The van der Waals surface area contributed by atoms with Crippen molar-refractivity contribution in [1.82, 2.24) is 5.32 Å². The molecule has 2 aromatic carbocycles. The molecular weight excluding hydrogens is 364 g/mol. The van der Waals surface area contributed by atoms with Crippen molar-refractivity contribution in [3.05, 3.63) is 57.6 Å². The summed E-state index contributed by atoms with van der Waals surface area (Å²) in [6.45, 7) is 3.59. The summed E-state index contributed by atoms with van der Waals surface area (Å²) < 4.78 is 16.4. The average molecular weight is 386 g/mol. The summed E-state index contributed by atoms with van der Waals surface area (Å²) in [7, 11) is 0. The van der Waals surface area contributed by atoms with Crippen LogP contribution in [0.25, 0.3) is 0 Å². The number of carbonyl (C=O) groups excluding carboxylic acids is 1. The van der Waals surface area contributed by atoms with Crippen LogP contribution in [0.15, 0.2) is 36.4 Å². The van der Waals surface area contributed by atoms with Gasteiger partial charge in [-0.25, -0.2) is 0 Å². The van der Waals surface area contributed by atoms with E-state index in [-0.39, 0.29) is 17.0 Å². The summed E-state index contributed by atoms with van der Waals surface area (Å²) >= 11 is 0. The van der Waals surface area contributed by atoms with Crippen molar-refractivity contribution in [2.24, 2.45) is 0 Å². The normalized spacial score (nSPS) is 12.3. The molecule has 0 saturated carbocycles. The Morgan fingerprint density at radius 2 is 1.82 bits per heavy atom. The van der Waals surface area contributed by atoms with Crippen LogP contribution in [0.4, 0.5) is 5.69 Å². The van der Waals surface area contributed by atoms with Gasteiger partial charge in [0, 0.05) is 12.6 Å². The largest absolute Gasteiger partial charge is 0.494 e. The molecule has 0 spiro atoms. The number of nitro groups is 1. The lowest BCUT2D eigenvalue weighted by atomic mass is 10.1. The molecule has 0 bridgehead atoms. The molecule has 0 radical (unpaired) electrons. The van der Waals surface area contributed by atoms with Crippen LogP contribution in [-0.2, 0) is 0 Å². The maximum atomic E-state index is 12.4. The predicted octanol–water partition coefficient (Wildman–Crippen LogP) is 3.26. The maximum absolute atomic E-state index is 12.4. The minimum absolute atomic E-state index is 0.0369. The Morgan fingerprint density at radius 1 is 1.14 bits per heavy atom. The first-order chi connectivity index (χ1) is 13.5. The molecule has 3 rings (SSSR count). The molecule has 0 unspecified atom stereocenters. The van der Waals surface area contributed by atoms with Gasteiger partial charge < -0.3 is 19.5 Å². The Labute approximate surface area is 162 Å². The van der Waals surface area contributed by atoms with E-state index in [1.807, 2.05) is 31.2 Å². The fourth-order valence-electron chi connectivity index (χ4n) is 2.76. The minimum Gasteiger partial charge on any atom is -0.494 e. The van der Waals surface area contributed by atoms with Crippen molar-refractivity contribution in [1.29, 1.82) is 0 Å². The summed E-state index contributed by atoms with van der Waals surface area (Å²) in [5.74, 6) is 0.918. The van der Waals surface area contributed by atoms with Crippen LogP contribution in [0.2, 0.25) is 0 Å². The molecular formula is C20H22N2O6. The first-order valence-electron chi connectivity index (χ1n) is 9.10. The molecule has 1 aliphatic rings. The van der Waals surface area contributed by atoms with E-state index < -0.39 is 10.8 Å². The average Bonchev–Trinajstić information content (AvgIpc) is 2.70. The lowest BCUT2D eigenvalue weighted by molar-refractivity contribution is -0.385. The number of rotatable bonds is 8. The topological polar surface area (TPSA) is 99.9 Å². The zero-order chi connectivity index (χ0) is 19.9. The highest BCUT2D eigenvalue weighted by atomic mass is 16.6. The molecule has 28 heavy (non-hydrogen) atoms. The first kappa shape index (κ1) is 19.5. The summed E-state index contributed by atoms with van der Waals surface area (Å²) in [4.78, 5) is 23.1. The fraction of sp³-hybridized carbons (Fsp3) is 0.350. The molecule has 8 heteroatoms. The lowest BCUT2D eigenvalue weighted by Crippen LogP contribution is -2.26. The van der Waals surface area contributed by atoms with Crippen molar-refractivity contribution in [3.8, 4) is 17.2 Å². The number of fused-ring (bicyclic) bond motifs is 1. The number of ether oxygens (including phenoxy) is 3. The Kier molecular flexibility index (Phi) is 6.31. The number of carbonyl (C=O) groups is 1. The van der Waals surface area contributed by atoms with Crippen LogP contribution in [0.1, 0.15) is 28.8 Å². The monoisotopic (exact) mass is 386 g/mol. The summed E-state index contributed by atoms with van der Waals surface area (Å²) in [5.41, 5.74) is 0.831. The molecule has 0 aromatic heterocycles. The highest BCUT2D eigenvalue weighted by Gasteiger charge is 2.26. The maximum Gasteiger partial charge on any atom is 0.286 e. The Bertz CT molecular complexity index is 851. The number of benzene rings is 2. The molecule has 0 saturated heterocycles. The molecule has 0 aliphatic carbocycles. The number of unbranched alkanes of at least 4 members (excludes halogenated alkanes) is 1.